The Morgan fingerprint density at radius 1 is 1.50 bits per heavy atom. The molecule has 4 unspecified atom stereocenters. The first kappa shape index (κ1) is 13.5. The van der Waals surface area contributed by atoms with Crippen molar-refractivity contribution in [1.82, 2.24) is 4.98 Å². The third-order valence-electron chi connectivity index (χ3n) is 4.37. The van der Waals surface area contributed by atoms with E-state index in [1.807, 2.05) is 6.92 Å². The molecule has 6 heteroatoms. The summed E-state index contributed by atoms with van der Waals surface area (Å²) in [6, 6.07) is 1.62. The highest BCUT2D eigenvalue weighted by molar-refractivity contribution is 5.39. The minimum atomic E-state index is -0.480. The van der Waals surface area contributed by atoms with Gasteiger partial charge in [-0.25, -0.2) is 0 Å². The average molecular weight is 278 g/mol. The monoisotopic (exact) mass is 278 g/mol. The van der Waals surface area contributed by atoms with Crippen LogP contribution in [0.5, 0.6) is 0 Å². The van der Waals surface area contributed by atoms with Crippen molar-refractivity contribution in [2.75, 3.05) is 0 Å². The van der Waals surface area contributed by atoms with Crippen LogP contribution in [0.4, 0.5) is 5.69 Å². The van der Waals surface area contributed by atoms with Crippen molar-refractivity contribution in [3.05, 3.63) is 34.1 Å². The first-order valence-corrected chi connectivity index (χ1v) is 6.99. The molecule has 1 aliphatic heterocycles. The predicted molar refractivity (Wildman–Crippen MR) is 71.0 cm³/mol. The Balaban J connectivity index is 1.88. The fraction of sp³-hybridized carbons (Fsp3) is 0.643. The lowest BCUT2D eigenvalue weighted by Crippen LogP contribution is -2.40. The SMILES string of the molecule is CC1C(O)CC(c2ccncc2[N+](=O)[O-])OC1C1CC1. The lowest BCUT2D eigenvalue weighted by atomic mass is 9.86. The van der Waals surface area contributed by atoms with Crippen molar-refractivity contribution < 1.29 is 14.8 Å². The molecule has 6 nitrogen and oxygen atoms in total. The largest absolute Gasteiger partial charge is 0.393 e. The minimum absolute atomic E-state index is 0.00322. The maximum atomic E-state index is 11.1. The highest BCUT2D eigenvalue weighted by Crippen LogP contribution is 2.46. The van der Waals surface area contributed by atoms with Crippen LogP contribution < -0.4 is 0 Å². The summed E-state index contributed by atoms with van der Waals surface area (Å²) in [5.74, 6) is 0.572. The van der Waals surface area contributed by atoms with Crippen LogP contribution in [0.2, 0.25) is 0 Å². The van der Waals surface area contributed by atoms with Crippen LogP contribution in [-0.4, -0.2) is 27.2 Å². The molecule has 1 aromatic heterocycles. The molecule has 1 N–H and O–H groups in total. The summed E-state index contributed by atoms with van der Waals surface area (Å²) >= 11 is 0. The lowest BCUT2D eigenvalue weighted by molar-refractivity contribution is -0.386. The number of hydrogen-bond donors (Lipinski definition) is 1. The molecule has 1 aliphatic carbocycles. The molecule has 0 bridgehead atoms. The summed E-state index contributed by atoms with van der Waals surface area (Å²) in [7, 11) is 0. The van der Waals surface area contributed by atoms with Gasteiger partial charge in [0.15, 0.2) is 0 Å². The van der Waals surface area contributed by atoms with Crippen molar-refractivity contribution >= 4 is 5.69 Å². The Hall–Kier alpha value is -1.53. The van der Waals surface area contributed by atoms with Gasteiger partial charge >= 0.3 is 0 Å². The minimum Gasteiger partial charge on any atom is -0.393 e. The zero-order valence-corrected chi connectivity index (χ0v) is 11.3. The average Bonchev–Trinajstić information content (AvgIpc) is 3.26. The van der Waals surface area contributed by atoms with Crippen molar-refractivity contribution in [2.45, 2.75) is 44.5 Å². The van der Waals surface area contributed by atoms with E-state index in [9.17, 15) is 15.2 Å². The van der Waals surface area contributed by atoms with E-state index in [-0.39, 0.29) is 17.7 Å². The molecule has 1 saturated carbocycles. The highest BCUT2D eigenvalue weighted by Gasteiger charge is 2.44. The first-order valence-electron chi connectivity index (χ1n) is 6.99. The molecule has 0 aromatic carbocycles. The first-order chi connectivity index (χ1) is 9.58. The third-order valence-corrected chi connectivity index (χ3v) is 4.37. The van der Waals surface area contributed by atoms with E-state index in [4.69, 9.17) is 4.74 Å². The topological polar surface area (TPSA) is 85.5 Å². The summed E-state index contributed by atoms with van der Waals surface area (Å²) in [6.07, 6.45) is 4.51. The van der Waals surface area contributed by atoms with Crippen molar-refractivity contribution in [1.29, 1.82) is 0 Å². The summed E-state index contributed by atoms with van der Waals surface area (Å²) in [5, 5.41) is 21.3. The summed E-state index contributed by atoms with van der Waals surface area (Å²) in [6.45, 7) is 1.99. The Kier molecular flexibility index (Phi) is 3.43. The number of nitrogens with zero attached hydrogens (tertiary/aromatic N) is 2. The molecule has 0 spiro atoms. The normalized spacial score (nSPS) is 33.9. The van der Waals surface area contributed by atoms with Crippen molar-refractivity contribution in [3.8, 4) is 0 Å². The molecule has 2 fully saturated rings. The molecular formula is C14H18N2O4. The Labute approximate surface area is 116 Å². The maximum Gasteiger partial charge on any atom is 0.293 e. The summed E-state index contributed by atoms with van der Waals surface area (Å²) < 4.78 is 6.08. The van der Waals surface area contributed by atoms with Gasteiger partial charge in [-0.2, -0.15) is 0 Å². The molecule has 0 amide bonds. The number of aliphatic hydroxyl groups is 1. The van der Waals surface area contributed by atoms with Gasteiger partial charge in [0.2, 0.25) is 0 Å². The standard InChI is InChI=1S/C14H18N2O4/c1-8-12(17)6-13(20-14(8)9-2-3-9)10-4-5-15-7-11(10)16(18)19/h4-5,7-9,12-14,17H,2-3,6H2,1H3. The van der Waals surface area contributed by atoms with E-state index < -0.39 is 17.1 Å². The molecule has 2 heterocycles. The van der Waals surface area contributed by atoms with Gasteiger partial charge in [0.25, 0.3) is 5.69 Å². The van der Waals surface area contributed by atoms with Crippen LogP contribution in [-0.2, 0) is 4.74 Å². The van der Waals surface area contributed by atoms with Crippen molar-refractivity contribution in [2.24, 2.45) is 11.8 Å². The number of hydrogen-bond acceptors (Lipinski definition) is 5. The number of nitro groups is 1. The molecule has 20 heavy (non-hydrogen) atoms. The van der Waals surface area contributed by atoms with E-state index in [1.165, 1.54) is 12.4 Å². The van der Waals surface area contributed by atoms with Gasteiger partial charge in [-0.1, -0.05) is 6.92 Å². The van der Waals surface area contributed by atoms with Gasteiger partial charge in [-0.15, -0.1) is 0 Å². The fourth-order valence-corrected chi connectivity index (χ4v) is 3.01. The maximum absolute atomic E-state index is 11.1. The van der Waals surface area contributed by atoms with E-state index >= 15 is 0 Å². The van der Waals surface area contributed by atoms with Gasteiger partial charge < -0.3 is 9.84 Å². The van der Waals surface area contributed by atoms with E-state index in [2.05, 4.69) is 4.98 Å². The molecule has 108 valence electrons. The van der Waals surface area contributed by atoms with Crippen LogP contribution in [0.25, 0.3) is 0 Å². The van der Waals surface area contributed by atoms with Crippen LogP contribution >= 0.6 is 0 Å². The second-order valence-corrected chi connectivity index (χ2v) is 5.78. The zero-order chi connectivity index (χ0) is 14.3. The molecule has 2 aliphatic rings. The number of ether oxygens (including phenoxy) is 1. The molecule has 0 radical (unpaired) electrons. The Morgan fingerprint density at radius 2 is 2.25 bits per heavy atom. The molecule has 3 rings (SSSR count). The van der Waals surface area contributed by atoms with Gasteiger partial charge in [0.1, 0.15) is 6.20 Å². The lowest BCUT2D eigenvalue weighted by Gasteiger charge is -2.38. The predicted octanol–water partition coefficient (Wildman–Crippen LogP) is 2.23. The third kappa shape index (κ3) is 2.41. The van der Waals surface area contributed by atoms with Crippen molar-refractivity contribution in [3.63, 3.8) is 0 Å². The fourth-order valence-electron chi connectivity index (χ4n) is 3.01. The quantitative estimate of drug-likeness (QED) is 0.677. The number of aliphatic hydroxyl groups excluding tert-OH is 1. The number of pyridine rings is 1. The van der Waals surface area contributed by atoms with Gasteiger partial charge in [-0.3, -0.25) is 15.1 Å². The smallest absolute Gasteiger partial charge is 0.293 e. The second kappa shape index (κ2) is 5.10. The molecular weight excluding hydrogens is 260 g/mol. The van der Waals surface area contributed by atoms with Gasteiger partial charge in [0, 0.05) is 18.5 Å². The number of rotatable bonds is 3. The van der Waals surface area contributed by atoms with E-state index in [1.54, 1.807) is 6.07 Å². The Bertz CT molecular complexity index is 518. The van der Waals surface area contributed by atoms with E-state index in [0.29, 0.717) is 17.9 Å². The summed E-state index contributed by atoms with van der Waals surface area (Å²) in [5.41, 5.74) is 0.482. The molecule has 4 atom stereocenters. The number of aromatic nitrogens is 1. The van der Waals surface area contributed by atoms with Crippen LogP contribution in [0.1, 0.15) is 37.9 Å². The molecule has 1 saturated heterocycles. The van der Waals surface area contributed by atoms with Gasteiger partial charge in [0.05, 0.1) is 28.8 Å². The van der Waals surface area contributed by atoms with Gasteiger partial charge in [-0.05, 0) is 24.8 Å². The van der Waals surface area contributed by atoms with E-state index in [0.717, 1.165) is 12.8 Å². The zero-order valence-electron chi connectivity index (χ0n) is 11.3. The Morgan fingerprint density at radius 3 is 2.90 bits per heavy atom. The summed E-state index contributed by atoms with van der Waals surface area (Å²) in [4.78, 5) is 14.4. The van der Waals surface area contributed by atoms with Crippen LogP contribution in [0, 0.1) is 22.0 Å². The second-order valence-electron chi connectivity index (χ2n) is 5.78. The highest BCUT2D eigenvalue weighted by atomic mass is 16.6. The van der Waals surface area contributed by atoms with Crippen LogP contribution in [0.3, 0.4) is 0 Å². The molecule has 1 aromatic rings. The van der Waals surface area contributed by atoms with Crippen LogP contribution in [0.15, 0.2) is 18.5 Å².